The van der Waals surface area contributed by atoms with Crippen molar-refractivity contribution < 1.29 is 9.47 Å². The van der Waals surface area contributed by atoms with Crippen molar-refractivity contribution >= 4 is 10.9 Å². The lowest BCUT2D eigenvalue weighted by Crippen LogP contribution is -2.43. The Balaban J connectivity index is 1.18. The van der Waals surface area contributed by atoms with Crippen LogP contribution in [0.1, 0.15) is 43.7 Å². The molecule has 1 N–H and O–H groups in total. The van der Waals surface area contributed by atoms with Crippen molar-refractivity contribution in [2.75, 3.05) is 20.3 Å². The van der Waals surface area contributed by atoms with Gasteiger partial charge in [0.05, 0.1) is 19.2 Å². The fourth-order valence-corrected chi connectivity index (χ4v) is 5.33. The largest absolute Gasteiger partial charge is 0.493 e. The Kier molecular flexibility index (Phi) is 5.15. The number of H-pyrrole nitrogens is 1. The fraction of sp³-hybridized carbons (Fsp3) is 0.458. The summed E-state index contributed by atoms with van der Waals surface area (Å²) in [6, 6.07) is 17.7. The van der Waals surface area contributed by atoms with E-state index in [9.17, 15) is 0 Å². The van der Waals surface area contributed by atoms with Gasteiger partial charge in [-0.05, 0) is 50.3 Å². The monoisotopic (exact) mass is 391 g/mol. The summed E-state index contributed by atoms with van der Waals surface area (Å²) in [5, 5.41) is 9.17. The molecule has 2 atom stereocenters. The van der Waals surface area contributed by atoms with Crippen LogP contribution >= 0.6 is 0 Å². The molecule has 2 aliphatic rings. The number of rotatable bonds is 7. The summed E-state index contributed by atoms with van der Waals surface area (Å²) in [6.07, 6.45) is 6.15. The van der Waals surface area contributed by atoms with Gasteiger partial charge in [-0.15, -0.1) is 0 Å². The third-order valence-electron chi connectivity index (χ3n) is 6.67. The maximum Gasteiger partial charge on any atom is 0.161 e. The van der Waals surface area contributed by atoms with Crippen LogP contribution in [-0.2, 0) is 0 Å². The Morgan fingerprint density at radius 3 is 2.52 bits per heavy atom. The van der Waals surface area contributed by atoms with Gasteiger partial charge in [0, 0.05) is 35.6 Å². The molecular weight excluding hydrogens is 362 g/mol. The van der Waals surface area contributed by atoms with Crippen LogP contribution in [0.15, 0.2) is 48.5 Å². The highest BCUT2D eigenvalue weighted by molar-refractivity contribution is 5.81. The predicted molar refractivity (Wildman–Crippen MR) is 115 cm³/mol. The maximum absolute atomic E-state index is 5.97. The molecule has 1 aromatic heterocycles. The number of hydrogen-bond acceptors (Lipinski definition) is 4. The number of para-hydroxylation sites is 3. The highest BCUT2D eigenvalue weighted by Crippen LogP contribution is 2.44. The van der Waals surface area contributed by atoms with Gasteiger partial charge in [0.1, 0.15) is 0 Å². The summed E-state index contributed by atoms with van der Waals surface area (Å²) in [5.41, 5.74) is 2.43. The highest BCUT2D eigenvalue weighted by atomic mass is 16.5. The Labute approximate surface area is 172 Å². The first kappa shape index (κ1) is 18.5. The minimum Gasteiger partial charge on any atom is -0.493 e. The van der Waals surface area contributed by atoms with E-state index >= 15 is 0 Å². The minimum absolute atomic E-state index is 0.598. The standard InChI is InChI=1S/C24H29N3O2/c1-28-22-9-4-5-10-23(22)29-14-6-13-27-18-11-12-19(27)16-17(15-18)24-20-7-2-3-8-21(20)25-26-24/h2-5,7-10,17-19H,6,11-16H2,1H3,(H,25,26). The summed E-state index contributed by atoms with van der Waals surface area (Å²) in [7, 11) is 1.69. The number of ether oxygens (including phenoxy) is 2. The molecule has 3 aromatic rings. The van der Waals surface area contributed by atoms with Crippen LogP contribution in [0.2, 0.25) is 0 Å². The first-order valence-electron chi connectivity index (χ1n) is 10.8. The Morgan fingerprint density at radius 1 is 1.00 bits per heavy atom. The Bertz CT molecular complexity index is 955. The molecule has 2 saturated heterocycles. The van der Waals surface area contributed by atoms with E-state index in [4.69, 9.17) is 9.47 Å². The number of nitrogens with one attached hydrogen (secondary N) is 1. The smallest absolute Gasteiger partial charge is 0.161 e. The molecule has 2 aromatic carbocycles. The van der Waals surface area contributed by atoms with Crippen molar-refractivity contribution in [3.63, 3.8) is 0 Å². The molecule has 5 nitrogen and oxygen atoms in total. The van der Waals surface area contributed by atoms with E-state index in [1.54, 1.807) is 7.11 Å². The molecular formula is C24H29N3O2. The van der Waals surface area contributed by atoms with Crippen LogP contribution in [0.4, 0.5) is 0 Å². The van der Waals surface area contributed by atoms with Gasteiger partial charge in [-0.1, -0.05) is 30.3 Å². The van der Waals surface area contributed by atoms with E-state index < -0.39 is 0 Å². The van der Waals surface area contributed by atoms with E-state index in [-0.39, 0.29) is 0 Å². The zero-order valence-electron chi connectivity index (χ0n) is 17.0. The van der Waals surface area contributed by atoms with Crippen molar-refractivity contribution in [2.24, 2.45) is 0 Å². The molecule has 0 amide bonds. The second-order valence-electron chi connectivity index (χ2n) is 8.30. The van der Waals surface area contributed by atoms with Gasteiger partial charge < -0.3 is 9.47 Å². The van der Waals surface area contributed by atoms with E-state index in [1.165, 1.54) is 36.8 Å². The summed E-state index contributed by atoms with van der Waals surface area (Å²) in [5.74, 6) is 2.24. The average Bonchev–Trinajstić information content (AvgIpc) is 3.29. The van der Waals surface area contributed by atoms with Crippen LogP contribution in [0.25, 0.3) is 10.9 Å². The van der Waals surface area contributed by atoms with E-state index in [2.05, 4.69) is 39.4 Å². The van der Waals surface area contributed by atoms with Crippen LogP contribution < -0.4 is 9.47 Å². The fourth-order valence-electron chi connectivity index (χ4n) is 5.33. The molecule has 29 heavy (non-hydrogen) atoms. The summed E-state index contributed by atoms with van der Waals surface area (Å²) in [6.45, 7) is 1.84. The minimum atomic E-state index is 0.598. The molecule has 0 radical (unpaired) electrons. The number of hydrogen-bond donors (Lipinski definition) is 1. The van der Waals surface area contributed by atoms with Gasteiger partial charge in [-0.25, -0.2) is 0 Å². The number of fused-ring (bicyclic) bond motifs is 3. The van der Waals surface area contributed by atoms with Crippen molar-refractivity contribution in [1.29, 1.82) is 0 Å². The molecule has 2 bridgehead atoms. The molecule has 0 saturated carbocycles. The number of aromatic amines is 1. The zero-order chi connectivity index (χ0) is 19.6. The molecule has 2 aliphatic heterocycles. The molecule has 0 spiro atoms. The molecule has 2 fully saturated rings. The van der Waals surface area contributed by atoms with Crippen LogP contribution in [0, 0.1) is 0 Å². The number of nitrogens with zero attached hydrogens (tertiary/aromatic N) is 2. The van der Waals surface area contributed by atoms with Gasteiger partial charge in [0.25, 0.3) is 0 Å². The average molecular weight is 392 g/mol. The third kappa shape index (κ3) is 3.60. The first-order valence-corrected chi connectivity index (χ1v) is 10.8. The second kappa shape index (κ2) is 8.07. The quantitative estimate of drug-likeness (QED) is 0.591. The number of piperidine rings is 1. The molecule has 5 heteroatoms. The number of aromatic nitrogens is 2. The lowest BCUT2D eigenvalue weighted by Gasteiger charge is -2.38. The molecule has 0 aliphatic carbocycles. The third-order valence-corrected chi connectivity index (χ3v) is 6.67. The van der Waals surface area contributed by atoms with Crippen molar-refractivity contribution in [3.8, 4) is 11.5 Å². The SMILES string of the molecule is COc1ccccc1OCCCN1C2CCC1CC(c1[nH]nc3ccccc13)C2. The molecule has 152 valence electrons. The number of benzene rings is 2. The van der Waals surface area contributed by atoms with Crippen molar-refractivity contribution in [2.45, 2.75) is 50.1 Å². The highest BCUT2D eigenvalue weighted by Gasteiger charge is 2.41. The van der Waals surface area contributed by atoms with E-state index in [0.29, 0.717) is 18.0 Å². The van der Waals surface area contributed by atoms with E-state index in [0.717, 1.165) is 36.6 Å². The van der Waals surface area contributed by atoms with Gasteiger partial charge in [-0.3, -0.25) is 10.00 Å². The van der Waals surface area contributed by atoms with Crippen molar-refractivity contribution in [3.05, 3.63) is 54.2 Å². The lowest BCUT2D eigenvalue weighted by molar-refractivity contribution is 0.117. The van der Waals surface area contributed by atoms with Crippen molar-refractivity contribution in [1.82, 2.24) is 15.1 Å². The summed E-state index contributed by atoms with van der Waals surface area (Å²) >= 11 is 0. The topological polar surface area (TPSA) is 50.4 Å². The Hall–Kier alpha value is -2.53. The maximum atomic E-state index is 5.97. The van der Waals surface area contributed by atoms with Gasteiger partial charge in [0.15, 0.2) is 11.5 Å². The molecule has 2 unspecified atom stereocenters. The first-order chi connectivity index (χ1) is 14.3. The predicted octanol–water partition coefficient (Wildman–Crippen LogP) is 4.75. The lowest BCUT2D eigenvalue weighted by atomic mass is 9.86. The van der Waals surface area contributed by atoms with Crippen LogP contribution in [0.5, 0.6) is 11.5 Å². The van der Waals surface area contributed by atoms with Gasteiger partial charge in [-0.2, -0.15) is 5.10 Å². The molecule has 3 heterocycles. The second-order valence-corrected chi connectivity index (χ2v) is 8.30. The van der Waals surface area contributed by atoms with Gasteiger partial charge >= 0.3 is 0 Å². The van der Waals surface area contributed by atoms with Crippen LogP contribution in [0.3, 0.4) is 0 Å². The molecule has 5 rings (SSSR count). The van der Waals surface area contributed by atoms with Crippen LogP contribution in [-0.4, -0.2) is 47.4 Å². The zero-order valence-corrected chi connectivity index (χ0v) is 17.0. The van der Waals surface area contributed by atoms with Gasteiger partial charge in [0.2, 0.25) is 0 Å². The normalized spacial score (nSPS) is 24.1. The van der Waals surface area contributed by atoms with E-state index in [1.807, 2.05) is 24.3 Å². The summed E-state index contributed by atoms with van der Waals surface area (Å²) < 4.78 is 11.3. The Morgan fingerprint density at radius 2 is 1.72 bits per heavy atom. The number of methoxy groups -OCH3 is 1. The summed E-state index contributed by atoms with van der Waals surface area (Å²) in [4.78, 5) is 2.74.